The van der Waals surface area contributed by atoms with Crippen molar-refractivity contribution >= 4 is 28.9 Å². The highest BCUT2D eigenvalue weighted by molar-refractivity contribution is 7.12. The van der Waals surface area contributed by atoms with E-state index in [1.54, 1.807) is 0 Å². The van der Waals surface area contributed by atoms with E-state index in [0.717, 1.165) is 11.3 Å². The summed E-state index contributed by atoms with van der Waals surface area (Å²) < 4.78 is 15.5. The van der Waals surface area contributed by atoms with Crippen LogP contribution in [0.1, 0.15) is 4.88 Å². The first kappa shape index (κ1) is 7.50. The van der Waals surface area contributed by atoms with Gasteiger partial charge < -0.3 is 5.73 Å². The lowest BCUT2D eigenvalue weighted by Crippen LogP contribution is -2.09. The van der Waals surface area contributed by atoms with E-state index < -0.39 is 0 Å². The number of amidine groups is 1. The van der Waals surface area contributed by atoms with Crippen molar-refractivity contribution in [3.05, 3.63) is 22.1 Å². The van der Waals surface area contributed by atoms with Gasteiger partial charge in [0.2, 0.25) is 0 Å². The first-order chi connectivity index (χ1) is 4.74. The van der Waals surface area contributed by atoms with Crippen LogP contribution < -0.4 is 5.73 Å². The lowest BCUT2D eigenvalue weighted by Gasteiger charge is -1.87. The van der Waals surface area contributed by atoms with Crippen molar-refractivity contribution in [1.82, 2.24) is 0 Å². The monoisotopic (exact) mass is 178 g/mol. The van der Waals surface area contributed by atoms with Crippen LogP contribution in [-0.4, -0.2) is 5.84 Å². The predicted octanol–water partition coefficient (Wildman–Crippen LogP) is 1.75. The standard InChI is InChI=1S/C5H4ClFN2S/c6-9-5(8)3-1-2-4(7)10-3/h1-2H,(H2,8,9). The van der Waals surface area contributed by atoms with Crippen LogP contribution in [0.4, 0.5) is 4.39 Å². The fourth-order valence-electron chi connectivity index (χ4n) is 0.494. The summed E-state index contributed by atoms with van der Waals surface area (Å²) in [6.07, 6.45) is 0. The Morgan fingerprint density at radius 3 is 2.80 bits per heavy atom. The minimum Gasteiger partial charge on any atom is -0.382 e. The highest BCUT2D eigenvalue weighted by Crippen LogP contribution is 2.13. The molecule has 0 unspecified atom stereocenters. The van der Waals surface area contributed by atoms with Gasteiger partial charge in [0.1, 0.15) is 0 Å². The van der Waals surface area contributed by atoms with Crippen LogP contribution in [0.25, 0.3) is 0 Å². The van der Waals surface area contributed by atoms with E-state index in [-0.39, 0.29) is 11.0 Å². The molecule has 1 rings (SSSR count). The van der Waals surface area contributed by atoms with E-state index in [4.69, 9.17) is 17.5 Å². The van der Waals surface area contributed by atoms with Crippen LogP contribution >= 0.6 is 23.1 Å². The van der Waals surface area contributed by atoms with Gasteiger partial charge in [-0.15, -0.1) is 11.3 Å². The van der Waals surface area contributed by atoms with Crippen molar-refractivity contribution in [2.24, 2.45) is 10.2 Å². The van der Waals surface area contributed by atoms with Crippen LogP contribution in [-0.2, 0) is 0 Å². The molecule has 2 N–H and O–H groups in total. The minimum atomic E-state index is -0.293. The number of rotatable bonds is 1. The summed E-state index contributed by atoms with van der Waals surface area (Å²) in [5.74, 6) is 0.149. The van der Waals surface area contributed by atoms with Gasteiger partial charge in [-0.05, 0) is 12.1 Å². The normalized spacial score (nSPS) is 12.0. The average Bonchev–Trinajstić information content (AvgIpc) is 2.34. The second-order valence-corrected chi connectivity index (χ2v) is 2.78. The minimum absolute atomic E-state index is 0.149. The molecule has 0 aliphatic rings. The molecule has 10 heavy (non-hydrogen) atoms. The molecule has 0 radical (unpaired) electrons. The van der Waals surface area contributed by atoms with Gasteiger partial charge in [0, 0.05) is 11.8 Å². The van der Waals surface area contributed by atoms with Crippen LogP contribution in [0, 0.1) is 5.13 Å². The summed E-state index contributed by atoms with van der Waals surface area (Å²) in [6, 6.07) is 2.84. The zero-order valence-corrected chi connectivity index (χ0v) is 6.42. The van der Waals surface area contributed by atoms with Gasteiger partial charge in [-0.1, -0.05) is 0 Å². The SMILES string of the molecule is N/C(=N\Cl)c1ccc(F)s1. The maximum atomic E-state index is 12.3. The molecule has 0 bridgehead atoms. The second kappa shape index (κ2) is 2.98. The third-order valence-electron chi connectivity index (χ3n) is 0.917. The molecule has 0 amide bonds. The molecule has 54 valence electrons. The molecule has 5 heteroatoms. The Bertz CT molecular complexity index is 258. The summed E-state index contributed by atoms with van der Waals surface area (Å²) in [4.78, 5) is 0.549. The summed E-state index contributed by atoms with van der Waals surface area (Å²) >= 11 is 5.96. The Morgan fingerprint density at radius 1 is 1.70 bits per heavy atom. The molecule has 0 saturated heterocycles. The molecule has 0 aliphatic carbocycles. The molecular formula is C5H4ClFN2S. The molecule has 0 fully saturated rings. The molecule has 0 spiro atoms. The van der Waals surface area contributed by atoms with Gasteiger partial charge in [-0.3, -0.25) is 0 Å². The summed E-state index contributed by atoms with van der Waals surface area (Å²) in [7, 11) is 0. The molecule has 1 heterocycles. The van der Waals surface area contributed by atoms with E-state index in [2.05, 4.69) is 4.51 Å². The van der Waals surface area contributed by atoms with Crippen LogP contribution in [0.5, 0.6) is 0 Å². The van der Waals surface area contributed by atoms with E-state index >= 15 is 0 Å². The Hall–Kier alpha value is -0.610. The highest BCUT2D eigenvalue weighted by Gasteiger charge is 2.01. The van der Waals surface area contributed by atoms with Gasteiger partial charge in [0.25, 0.3) is 0 Å². The first-order valence-corrected chi connectivity index (χ1v) is 3.59. The van der Waals surface area contributed by atoms with Gasteiger partial charge in [0.15, 0.2) is 11.0 Å². The number of thiophene rings is 1. The second-order valence-electron chi connectivity index (χ2n) is 1.57. The first-order valence-electron chi connectivity index (χ1n) is 2.44. The van der Waals surface area contributed by atoms with E-state index in [0.29, 0.717) is 4.88 Å². The lowest BCUT2D eigenvalue weighted by molar-refractivity contribution is 0.657. The Morgan fingerprint density at radius 2 is 2.40 bits per heavy atom. The summed E-state index contributed by atoms with van der Waals surface area (Å²) in [5, 5.41) is -0.293. The molecule has 1 aromatic rings. The number of hydrogen-bond acceptors (Lipinski definition) is 2. The molecule has 0 aliphatic heterocycles. The topological polar surface area (TPSA) is 38.4 Å². The zero-order valence-electron chi connectivity index (χ0n) is 4.84. The largest absolute Gasteiger partial charge is 0.382 e. The zero-order chi connectivity index (χ0) is 7.56. The summed E-state index contributed by atoms with van der Waals surface area (Å²) in [6.45, 7) is 0. The van der Waals surface area contributed by atoms with Crippen LogP contribution in [0.15, 0.2) is 16.6 Å². The molecule has 2 nitrogen and oxygen atoms in total. The van der Waals surface area contributed by atoms with Gasteiger partial charge in [-0.25, -0.2) is 0 Å². The van der Waals surface area contributed by atoms with Crippen molar-refractivity contribution in [2.45, 2.75) is 0 Å². The molecule has 0 saturated carbocycles. The van der Waals surface area contributed by atoms with Crippen molar-refractivity contribution in [2.75, 3.05) is 0 Å². The molecule has 0 atom stereocenters. The van der Waals surface area contributed by atoms with E-state index in [1.165, 1.54) is 12.1 Å². The fourth-order valence-corrected chi connectivity index (χ4v) is 1.27. The molecule has 0 aromatic carbocycles. The van der Waals surface area contributed by atoms with E-state index in [9.17, 15) is 4.39 Å². The van der Waals surface area contributed by atoms with Gasteiger partial charge in [0.05, 0.1) is 4.88 Å². The van der Waals surface area contributed by atoms with Crippen molar-refractivity contribution in [1.29, 1.82) is 0 Å². The third kappa shape index (κ3) is 1.46. The number of hydrogen-bond donors (Lipinski definition) is 1. The Kier molecular flexibility index (Phi) is 2.24. The van der Waals surface area contributed by atoms with E-state index in [1.807, 2.05) is 0 Å². The molecule has 1 aromatic heterocycles. The maximum Gasteiger partial charge on any atom is 0.177 e. The van der Waals surface area contributed by atoms with Gasteiger partial charge in [-0.2, -0.15) is 8.90 Å². The van der Waals surface area contributed by atoms with Gasteiger partial charge >= 0.3 is 0 Å². The van der Waals surface area contributed by atoms with Crippen LogP contribution in [0.3, 0.4) is 0 Å². The van der Waals surface area contributed by atoms with Crippen LogP contribution in [0.2, 0.25) is 0 Å². The van der Waals surface area contributed by atoms with Crippen molar-refractivity contribution in [3.63, 3.8) is 0 Å². The highest BCUT2D eigenvalue weighted by atomic mass is 35.5. The Balaban J connectivity index is 2.95. The summed E-state index contributed by atoms with van der Waals surface area (Å²) in [5.41, 5.74) is 5.27. The average molecular weight is 179 g/mol. The fraction of sp³-hybridized carbons (Fsp3) is 0. The van der Waals surface area contributed by atoms with Crippen molar-refractivity contribution in [3.8, 4) is 0 Å². The maximum absolute atomic E-state index is 12.3. The lowest BCUT2D eigenvalue weighted by atomic mass is 10.4. The van der Waals surface area contributed by atoms with Crippen molar-refractivity contribution < 1.29 is 4.39 Å². The predicted molar refractivity (Wildman–Crippen MR) is 40.9 cm³/mol. The smallest absolute Gasteiger partial charge is 0.177 e. The quantitative estimate of drug-likeness (QED) is 0.517. The third-order valence-corrected chi connectivity index (χ3v) is 2.00. The number of nitrogens with zero attached hydrogens (tertiary/aromatic N) is 1. The number of nitrogens with two attached hydrogens (primary N) is 1. The Labute approximate surface area is 66.3 Å². The number of halogens is 2. The molecular weight excluding hydrogens is 175 g/mol.